The van der Waals surface area contributed by atoms with Gasteiger partial charge in [-0.25, -0.2) is 4.98 Å². The highest BCUT2D eigenvalue weighted by atomic mass is 32.1. The summed E-state index contributed by atoms with van der Waals surface area (Å²) < 4.78 is 0. The van der Waals surface area contributed by atoms with Gasteiger partial charge in [0.1, 0.15) is 0 Å². The van der Waals surface area contributed by atoms with Gasteiger partial charge >= 0.3 is 0 Å². The molecule has 0 amide bonds. The highest BCUT2D eigenvalue weighted by molar-refractivity contribution is 7.09. The molecule has 2 heterocycles. The predicted molar refractivity (Wildman–Crippen MR) is 66.7 cm³/mol. The van der Waals surface area contributed by atoms with Crippen LogP contribution in [-0.2, 0) is 0 Å². The van der Waals surface area contributed by atoms with Gasteiger partial charge < -0.3 is 5.32 Å². The van der Waals surface area contributed by atoms with Gasteiger partial charge in [0.2, 0.25) is 0 Å². The van der Waals surface area contributed by atoms with Crippen LogP contribution in [0.2, 0.25) is 0 Å². The highest BCUT2D eigenvalue weighted by Gasteiger charge is 2.16. The van der Waals surface area contributed by atoms with E-state index in [0.717, 1.165) is 11.4 Å². The van der Waals surface area contributed by atoms with E-state index in [-0.39, 0.29) is 6.04 Å². The number of rotatable bonds is 3. The van der Waals surface area contributed by atoms with E-state index in [0.29, 0.717) is 0 Å². The van der Waals surface area contributed by atoms with Crippen molar-refractivity contribution in [3.05, 3.63) is 45.7 Å². The average molecular weight is 233 g/mol. The number of thiazole rings is 1. The van der Waals surface area contributed by atoms with E-state index in [1.807, 2.05) is 38.7 Å². The first-order valence-corrected chi connectivity index (χ1v) is 6.10. The second kappa shape index (κ2) is 4.72. The minimum atomic E-state index is 0.195. The van der Waals surface area contributed by atoms with E-state index in [9.17, 15) is 0 Å². The first kappa shape index (κ1) is 11.2. The average Bonchev–Trinajstić information content (AvgIpc) is 2.69. The number of nitrogens with one attached hydrogen (secondary N) is 1. The Morgan fingerprint density at radius 3 is 2.56 bits per heavy atom. The van der Waals surface area contributed by atoms with Crippen molar-refractivity contribution in [1.29, 1.82) is 0 Å². The molecule has 0 aliphatic carbocycles. The van der Waals surface area contributed by atoms with Crippen LogP contribution in [0.4, 0.5) is 0 Å². The van der Waals surface area contributed by atoms with Crippen LogP contribution in [0.25, 0.3) is 0 Å². The zero-order valence-corrected chi connectivity index (χ0v) is 10.5. The fraction of sp³-hybridized carbons (Fsp3) is 0.333. The number of aromatic nitrogens is 2. The summed E-state index contributed by atoms with van der Waals surface area (Å²) in [6.45, 7) is 4.04. The Bertz CT molecular complexity index is 461. The molecule has 1 atom stereocenters. The van der Waals surface area contributed by atoms with Crippen molar-refractivity contribution in [2.45, 2.75) is 19.9 Å². The van der Waals surface area contributed by atoms with Gasteiger partial charge in [0.05, 0.1) is 17.2 Å². The molecule has 0 radical (unpaired) electrons. The molecular formula is C12H15N3S. The van der Waals surface area contributed by atoms with Gasteiger partial charge in [-0.15, -0.1) is 11.3 Å². The lowest BCUT2D eigenvalue weighted by Crippen LogP contribution is -2.17. The van der Waals surface area contributed by atoms with Crippen LogP contribution in [0.3, 0.4) is 0 Å². The van der Waals surface area contributed by atoms with Crippen LogP contribution in [0.5, 0.6) is 0 Å². The third-order valence-corrected chi connectivity index (χ3v) is 3.60. The van der Waals surface area contributed by atoms with Crippen molar-refractivity contribution in [3.8, 4) is 0 Å². The van der Waals surface area contributed by atoms with Crippen molar-refractivity contribution in [1.82, 2.24) is 15.3 Å². The second-order valence-corrected chi connectivity index (χ2v) is 4.64. The maximum atomic E-state index is 4.33. The Balaban J connectivity index is 2.37. The Morgan fingerprint density at radius 1 is 1.25 bits per heavy atom. The minimum absolute atomic E-state index is 0.195. The van der Waals surface area contributed by atoms with E-state index in [1.165, 1.54) is 10.4 Å². The monoisotopic (exact) mass is 233 g/mol. The third-order valence-electron chi connectivity index (χ3n) is 2.60. The van der Waals surface area contributed by atoms with Crippen molar-refractivity contribution >= 4 is 11.3 Å². The summed E-state index contributed by atoms with van der Waals surface area (Å²) in [5, 5.41) is 3.31. The van der Waals surface area contributed by atoms with Gasteiger partial charge in [0, 0.05) is 16.8 Å². The maximum absolute atomic E-state index is 4.33. The van der Waals surface area contributed by atoms with Crippen LogP contribution in [0.1, 0.15) is 27.9 Å². The molecule has 84 valence electrons. The highest BCUT2D eigenvalue weighted by Crippen LogP contribution is 2.27. The number of nitrogens with zero attached hydrogens (tertiary/aromatic N) is 2. The second-order valence-electron chi connectivity index (χ2n) is 3.76. The van der Waals surface area contributed by atoms with Gasteiger partial charge in [-0.3, -0.25) is 4.98 Å². The predicted octanol–water partition coefficient (Wildman–Crippen LogP) is 2.46. The van der Waals surface area contributed by atoms with Crippen molar-refractivity contribution in [2.75, 3.05) is 7.05 Å². The third kappa shape index (κ3) is 2.13. The van der Waals surface area contributed by atoms with Gasteiger partial charge in [-0.2, -0.15) is 0 Å². The Labute approximate surface area is 99.6 Å². The van der Waals surface area contributed by atoms with Crippen LogP contribution in [-0.4, -0.2) is 17.0 Å². The molecule has 0 aliphatic heterocycles. The molecule has 0 fully saturated rings. The molecular weight excluding hydrogens is 218 g/mol. The minimum Gasteiger partial charge on any atom is -0.309 e. The van der Waals surface area contributed by atoms with Gasteiger partial charge in [-0.05, 0) is 32.5 Å². The summed E-state index contributed by atoms with van der Waals surface area (Å²) in [6, 6.07) is 4.35. The van der Waals surface area contributed by atoms with E-state index in [4.69, 9.17) is 0 Å². The fourth-order valence-electron chi connectivity index (χ4n) is 1.69. The molecule has 0 bridgehead atoms. The number of pyridine rings is 1. The summed E-state index contributed by atoms with van der Waals surface area (Å²) in [7, 11) is 1.96. The van der Waals surface area contributed by atoms with Crippen LogP contribution in [0.15, 0.2) is 23.8 Å². The van der Waals surface area contributed by atoms with Crippen molar-refractivity contribution in [2.24, 2.45) is 0 Å². The molecule has 4 heteroatoms. The van der Waals surface area contributed by atoms with Gasteiger partial charge in [0.15, 0.2) is 0 Å². The Morgan fingerprint density at radius 2 is 2.06 bits per heavy atom. The molecule has 0 spiro atoms. The van der Waals surface area contributed by atoms with Gasteiger partial charge in [-0.1, -0.05) is 6.07 Å². The molecule has 0 aromatic carbocycles. The van der Waals surface area contributed by atoms with E-state index in [1.54, 1.807) is 11.3 Å². The lowest BCUT2D eigenvalue weighted by Gasteiger charge is -2.15. The Kier molecular flexibility index (Phi) is 3.31. The van der Waals surface area contributed by atoms with E-state index < -0.39 is 0 Å². The van der Waals surface area contributed by atoms with Crippen LogP contribution >= 0.6 is 11.3 Å². The van der Waals surface area contributed by atoms with Crippen LogP contribution in [0, 0.1) is 13.8 Å². The smallest absolute Gasteiger partial charge is 0.0798 e. The topological polar surface area (TPSA) is 37.8 Å². The normalized spacial score (nSPS) is 12.7. The van der Waals surface area contributed by atoms with Gasteiger partial charge in [0.25, 0.3) is 0 Å². The lowest BCUT2D eigenvalue weighted by molar-refractivity contribution is 0.694. The molecule has 1 unspecified atom stereocenters. The number of hydrogen-bond donors (Lipinski definition) is 1. The molecule has 0 saturated heterocycles. The van der Waals surface area contributed by atoms with Crippen molar-refractivity contribution < 1.29 is 0 Å². The molecule has 2 rings (SSSR count). The molecule has 16 heavy (non-hydrogen) atoms. The van der Waals surface area contributed by atoms with E-state index >= 15 is 0 Å². The maximum Gasteiger partial charge on any atom is 0.0798 e. The van der Waals surface area contributed by atoms with Crippen molar-refractivity contribution in [3.63, 3.8) is 0 Å². The SMILES string of the molecule is CNC(c1ccc(C)nc1)c1scnc1C. The fourth-order valence-corrected chi connectivity index (χ4v) is 2.62. The largest absolute Gasteiger partial charge is 0.309 e. The summed E-state index contributed by atoms with van der Waals surface area (Å²) in [5.41, 5.74) is 5.20. The molecule has 2 aromatic heterocycles. The zero-order valence-electron chi connectivity index (χ0n) is 9.69. The summed E-state index contributed by atoms with van der Waals surface area (Å²) >= 11 is 1.68. The molecule has 3 nitrogen and oxygen atoms in total. The lowest BCUT2D eigenvalue weighted by atomic mass is 10.1. The quantitative estimate of drug-likeness (QED) is 0.885. The molecule has 2 aromatic rings. The molecule has 1 N–H and O–H groups in total. The summed E-state index contributed by atoms with van der Waals surface area (Å²) in [4.78, 5) is 9.88. The standard InChI is InChI=1S/C12H15N3S/c1-8-4-5-10(6-14-8)11(13-3)12-9(2)15-7-16-12/h4-7,11,13H,1-3H3. The Hall–Kier alpha value is -1.26. The first-order valence-electron chi connectivity index (χ1n) is 5.22. The molecule has 0 saturated carbocycles. The first-order chi connectivity index (χ1) is 7.72. The molecule has 0 aliphatic rings. The van der Waals surface area contributed by atoms with Crippen LogP contribution < -0.4 is 5.32 Å². The summed E-state index contributed by atoms with van der Waals surface area (Å²) in [5.74, 6) is 0. The zero-order chi connectivity index (χ0) is 11.5. The number of aryl methyl sites for hydroxylation is 2. The number of hydrogen-bond acceptors (Lipinski definition) is 4. The van der Waals surface area contributed by atoms with E-state index in [2.05, 4.69) is 21.4 Å². The summed E-state index contributed by atoms with van der Waals surface area (Å²) in [6.07, 6.45) is 1.93.